The molecule has 0 spiro atoms. The van der Waals surface area contributed by atoms with Crippen LogP contribution >= 0.6 is 0 Å². The molecule has 0 bridgehead atoms. The minimum absolute atomic E-state index is 0.0505. The Hall–Kier alpha value is -1.09. The Labute approximate surface area is 108 Å². The van der Waals surface area contributed by atoms with E-state index in [1.54, 1.807) is 12.1 Å². The average molecular weight is 251 g/mol. The maximum atomic E-state index is 13.9. The van der Waals surface area contributed by atoms with Crippen molar-refractivity contribution in [3.05, 3.63) is 29.6 Å². The Morgan fingerprint density at radius 2 is 2.06 bits per heavy atom. The summed E-state index contributed by atoms with van der Waals surface area (Å²) in [6.07, 6.45) is 6.62. The molecule has 1 aromatic carbocycles. The predicted octanol–water partition coefficient (Wildman–Crippen LogP) is 3.43. The number of halogens is 1. The van der Waals surface area contributed by atoms with Crippen LogP contribution in [-0.4, -0.2) is 12.1 Å². The Morgan fingerprint density at radius 1 is 1.33 bits per heavy atom. The maximum absolute atomic E-state index is 13.9. The Bertz CT molecular complexity index is 386. The van der Waals surface area contributed by atoms with E-state index in [9.17, 15) is 4.39 Å². The maximum Gasteiger partial charge on any atom is 0.165 e. The molecule has 1 unspecified atom stereocenters. The highest BCUT2D eigenvalue weighted by Gasteiger charge is 2.16. The van der Waals surface area contributed by atoms with Gasteiger partial charge in [0.1, 0.15) is 0 Å². The number of ether oxygens (including phenoxy) is 1. The van der Waals surface area contributed by atoms with Crippen molar-refractivity contribution in [3.8, 4) is 5.75 Å². The number of hydrogen-bond acceptors (Lipinski definition) is 2. The van der Waals surface area contributed by atoms with Gasteiger partial charge in [-0.25, -0.2) is 4.39 Å². The van der Waals surface area contributed by atoms with Gasteiger partial charge < -0.3 is 10.5 Å². The fourth-order valence-corrected chi connectivity index (χ4v) is 2.50. The van der Waals surface area contributed by atoms with Crippen molar-refractivity contribution in [2.75, 3.05) is 0 Å². The van der Waals surface area contributed by atoms with Gasteiger partial charge in [0.15, 0.2) is 11.6 Å². The quantitative estimate of drug-likeness (QED) is 0.889. The lowest BCUT2D eigenvalue weighted by molar-refractivity contribution is 0.148. The van der Waals surface area contributed by atoms with Crippen molar-refractivity contribution in [2.45, 2.75) is 57.6 Å². The van der Waals surface area contributed by atoms with Crippen molar-refractivity contribution in [3.63, 3.8) is 0 Å². The van der Waals surface area contributed by atoms with E-state index < -0.39 is 0 Å². The van der Waals surface area contributed by atoms with Gasteiger partial charge in [-0.1, -0.05) is 12.5 Å². The second-order valence-electron chi connectivity index (χ2n) is 5.32. The third-order valence-corrected chi connectivity index (χ3v) is 3.40. The largest absolute Gasteiger partial charge is 0.487 e. The lowest BCUT2D eigenvalue weighted by atomic mass is 9.98. The van der Waals surface area contributed by atoms with Gasteiger partial charge in [-0.05, 0) is 56.7 Å². The molecule has 1 saturated carbocycles. The van der Waals surface area contributed by atoms with Crippen LogP contribution in [0.1, 0.15) is 44.6 Å². The zero-order valence-corrected chi connectivity index (χ0v) is 11.0. The van der Waals surface area contributed by atoms with E-state index in [0.717, 1.165) is 18.4 Å². The Morgan fingerprint density at radius 3 is 2.67 bits per heavy atom. The van der Waals surface area contributed by atoms with Crippen molar-refractivity contribution >= 4 is 0 Å². The van der Waals surface area contributed by atoms with Crippen LogP contribution in [0.3, 0.4) is 0 Å². The Kier molecular flexibility index (Phi) is 4.59. The molecular weight excluding hydrogens is 229 g/mol. The van der Waals surface area contributed by atoms with Crippen LogP contribution in [0.5, 0.6) is 5.75 Å². The van der Waals surface area contributed by atoms with Gasteiger partial charge in [0.25, 0.3) is 0 Å². The van der Waals surface area contributed by atoms with Crippen molar-refractivity contribution in [2.24, 2.45) is 5.73 Å². The monoisotopic (exact) mass is 251 g/mol. The first-order valence-electron chi connectivity index (χ1n) is 6.86. The molecule has 0 aromatic heterocycles. The summed E-state index contributed by atoms with van der Waals surface area (Å²) in [5.74, 6) is 0.119. The van der Waals surface area contributed by atoms with E-state index >= 15 is 0 Å². The summed E-state index contributed by atoms with van der Waals surface area (Å²) in [5.41, 5.74) is 6.64. The van der Waals surface area contributed by atoms with E-state index in [-0.39, 0.29) is 18.0 Å². The summed E-state index contributed by atoms with van der Waals surface area (Å²) in [6.45, 7) is 1.92. The first-order valence-corrected chi connectivity index (χ1v) is 6.86. The molecule has 0 heterocycles. The zero-order valence-electron chi connectivity index (χ0n) is 11.0. The average Bonchev–Trinajstić information content (AvgIpc) is 2.33. The molecule has 3 heteroatoms. The molecule has 0 saturated heterocycles. The number of nitrogens with two attached hydrogens (primary N) is 1. The molecule has 1 aliphatic rings. The molecule has 0 aliphatic heterocycles. The van der Waals surface area contributed by atoms with Crippen LogP contribution in [0.25, 0.3) is 0 Å². The van der Waals surface area contributed by atoms with Gasteiger partial charge in [-0.3, -0.25) is 0 Å². The fraction of sp³-hybridized carbons (Fsp3) is 0.600. The summed E-state index contributed by atoms with van der Waals surface area (Å²) >= 11 is 0. The van der Waals surface area contributed by atoms with Crippen LogP contribution < -0.4 is 10.5 Å². The summed E-state index contributed by atoms with van der Waals surface area (Å²) in [5, 5.41) is 0. The molecule has 2 nitrogen and oxygen atoms in total. The van der Waals surface area contributed by atoms with E-state index in [1.165, 1.54) is 19.3 Å². The lowest BCUT2D eigenvalue weighted by Gasteiger charge is -2.23. The third kappa shape index (κ3) is 3.70. The highest BCUT2D eigenvalue weighted by Crippen LogP contribution is 2.26. The molecular formula is C15H22FNO. The number of benzene rings is 1. The lowest BCUT2D eigenvalue weighted by Crippen LogP contribution is -2.20. The van der Waals surface area contributed by atoms with Gasteiger partial charge >= 0.3 is 0 Å². The number of rotatable bonds is 4. The van der Waals surface area contributed by atoms with Crippen molar-refractivity contribution in [1.82, 2.24) is 0 Å². The molecule has 2 rings (SSSR count). The molecule has 100 valence electrons. The first-order chi connectivity index (χ1) is 8.65. The minimum Gasteiger partial charge on any atom is -0.487 e. The van der Waals surface area contributed by atoms with Gasteiger partial charge in [0.2, 0.25) is 0 Å². The molecule has 1 aromatic rings. The summed E-state index contributed by atoms with van der Waals surface area (Å²) in [4.78, 5) is 0. The molecule has 2 N–H and O–H groups in total. The molecule has 1 aliphatic carbocycles. The van der Waals surface area contributed by atoms with Gasteiger partial charge in [-0.15, -0.1) is 0 Å². The smallest absolute Gasteiger partial charge is 0.165 e. The summed E-state index contributed by atoms with van der Waals surface area (Å²) in [6, 6.07) is 5.24. The molecule has 0 radical (unpaired) electrons. The topological polar surface area (TPSA) is 35.2 Å². The second kappa shape index (κ2) is 6.19. The van der Waals surface area contributed by atoms with Crippen LogP contribution in [0.2, 0.25) is 0 Å². The van der Waals surface area contributed by atoms with Crippen LogP contribution in [-0.2, 0) is 6.42 Å². The summed E-state index contributed by atoms with van der Waals surface area (Å²) in [7, 11) is 0. The van der Waals surface area contributed by atoms with Crippen LogP contribution in [0.15, 0.2) is 18.2 Å². The van der Waals surface area contributed by atoms with Crippen LogP contribution in [0.4, 0.5) is 4.39 Å². The molecule has 18 heavy (non-hydrogen) atoms. The van der Waals surface area contributed by atoms with Gasteiger partial charge in [-0.2, -0.15) is 0 Å². The molecule has 1 atom stereocenters. The fourth-order valence-electron chi connectivity index (χ4n) is 2.50. The molecule has 0 amide bonds. The summed E-state index contributed by atoms with van der Waals surface area (Å²) < 4.78 is 19.6. The standard InChI is InChI=1S/C15H22FNO/c1-11(17)9-12-7-8-15(14(16)10-12)18-13-5-3-2-4-6-13/h7-8,10-11,13H,2-6,9,17H2,1H3. The van der Waals surface area contributed by atoms with Gasteiger partial charge in [0.05, 0.1) is 6.10 Å². The highest BCUT2D eigenvalue weighted by molar-refractivity contribution is 5.30. The second-order valence-corrected chi connectivity index (χ2v) is 5.32. The van der Waals surface area contributed by atoms with E-state index in [4.69, 9.17) is 10.5 Å². The first kappa shape index (κ1) is 13.3. The van der Waals surface area contributed by atoms with E-state index in [1.807, 2.05) is 13.0 Å². The highest BCUT2D eigenvalue weighted by atomic mass is 19.1. The zero-order chi connectivity index (χ0) is 13.0. The minimum atomic E-state index is -0.265. The normalized spacial score (nSPS) is 18.6. The van der Waals surface area contributed by atoms with Gasteiger partial charge in [0, 0.05) is 6.04 Å². The van der Waals surface area contributed by atoms with Crippen molar-refractivity contribution in [1.29, 1.82) is 0 Å². The van der Waals surface area contributed by atoms with E-state index in [2.05, 4.69) is 0 Å². The predicted molar refractivity (Wildman–Crippen MR) is 71.3 cm³/mol. The third-order valence-electron chi connectivity index (χ3n) is 3.40. The number of hydrogen-bond donors (Lipinski definition) is 1. The molecule has 1 fully saturated rings. The SMILES string of the molecule is CC(N)Cc1ccc(OC2CCCCC2)c(F)c1. The van der Waals surface area contributed by atoms with E-state index in [0.29, 0.717) is 12.2 Å². The van der Waals surface area contributed by atoms with Crippen molar-refractivity contribution < 1.29 is 9.13 Å². The Balaban J connectivity index is 2.00. The van der Waals surface area contributed by atoms with Crippen LogP contribution in [0, 0.1) is 5.82 Å².